The predicted octanol–water partition coefficient (Wildman–Crippen LogP) is 5.38. The number of unbranched alkanes of at least 4 members (excludes halogenated alkanes) is 6. The van der Waals surface area contributed by atoms with Gasteiger partial charge in [-0.2, -0.15) is 0 Å². The van der Waals surface area contributed by atoms with Crippen molar-refractivity contribution in [2.45, 2.75) is 71.1 Å². The van der Waals surface area contributed by atoms with Crippen LogP contribution in [-0.4, -0.2) is 11.2 Å². The van der Waals surface area contributed by atoms with Crippen molar-refractivity contribution in [3.63, 3.8) is 0 Å². The van der Waals surface area contributed by atoms with Gasteiger partial charge >= 0.3 is 0 Å². The van der Waals surface area contributed by atoms with Crippen molar-refractivity contribution in [2.24, 2.45) is 0 Å². The second-order valence-electron chi connectivity index (χ2n) is 5.26. The summed E-state index contributed by atoms with van der Waals surface area (Å²) in [5.41, 5.74) is 0.275. The Morgan fingerprint density at radius 1 is 0.955 bits per heavy atom. The smallest absolute Gasteiger partial charge is 0.246 e. The molecule has 0 saturated carbocycles. The molecule has 0 bridgehead atoms. The number of hydrogen-bond donors (Lipinski definition) is 0. The van der Waals surface area contributed by atoms with Crippen LogP contribution >= 0.6 is 0 Å². The van der Waals surface area contributed by atoms with Gasteiger partial charge in [0.15, 0.2) is 0 Å². The van der Waals surface area contributed by atoms with Crippen LogP contribution in [-0.2, 0) is 4.79 Å². The molecule has 0 heterocycles. The second kappa shape index (κ2) is 15.7. The highest BCUT2D eigenvalue weighted by Gasteiger charge is 2.05. The van der Waals surface area contributed by atoms with Crippen LogP contribution in [0.1, 0.15) is 71.1 Å². The number of nitrogens with zero attached hydrogens (tertiary/aromatic N) is 1. The minimum Gasteiger partial charge on any atom is -0.303 e. The zero-order valence-electron chi connectivity index (χ0n) is 13.7. The van der Waals surface area contributed by atoms with E-state index >= 15 is 0 Å². The van der Waals surface area contributed by atoms with Crippen LogP contribution in [0.5, 0.6) is 0 Å². The summed E-state index contributed by atoms with van der Waals surface area (Å²) in [4.78, 5) is 20.5. The van der Waals surface area contributed by atoms with Crippen LogP contribution in [0.4, 0.5) is 0 Å². The molecule has 0 aromatic carbocycles. The molecule has 124 valence electrons. The van der Waals surface area contributed by atoms with E-state index in [1.807, 2.05) is 19.1 Å². The summed E-state index contributed by atoms with van der Waals surface area (Å²) in [6, 6.07) is 0. The molecule has 22 heavy (non-hydrogen) atoms. The topological polar surface area (TPSA) is 60.2 Å². The zero-order valence-corrected chi connectivity index (χ0v) is 13.7. The maximum absolute atomic E-state index is 10.7. The molecule has 0 aromatic heterocycles. The molecule has 0 aliphatic carbocycles. The number of allylic oxidation sites excluding steroid dienone is 5. The fraction of sp³-hybridized carbons (Fsp3) is 0.611. The van der Waals surface area contributed by atoms with Crippen molar-refractivity contribution in [1.82, 2.24) is 0 Å². The Labute approximate surface area is 134 Å². The predicted molar refractivity (Wildman–Crippen MR) is 91.3 cm³/mol. The molecule has 4 nitrogen and oxygen atoms in total. The van der Waals surface area contributed by atoms with Gasteiger partial charge < -0.3 is 4.79 Å². The number of rotatable bonds is 14. The number of nitro groups is 1. The maximum atomic E-state index is 10.7. The van der Waals surface area contributed by atoms with Crippen LogP contribution in [0.25, 0.3) is 0 Å². The van der Waals surface area contributed by atoms with Crippen molar-refractivity contribution >= 4 is 6.29 Å². The van der Waals surface area contributed by atoms with Gasteiger partial charge in [-0.15, -0.1) is 0 Å². The van der Waals surface area contributed by atoms with E-state index in [0.29, 0.717) is 19.3 Å². The number of carbonyl (C=O) groups is 1. The van der Waals surface area contributed by atoms with E-state index in [0.717, 1.165) is 32.0 Å². The fourth-order valence-electron chi connectivity index (χ4n) is 2.08. The lowest BCUT2D eigenvalue weighted by Gasteiger charge is -1.97. The third-order valence-corrected chi connectivity index (χ3v) is 3.30. The molecule has 0 amide bonds. The third kappa shape index (κ3) is 13.3. The number of hydrogen-bond acceptors (Lipinski definition) is 3. The summed E-state index contributed by atoms with van der Waals surface area (Å²) in [5, 5.41) is 10.7. The largest absolute Gasteiger partial charge is 0.303 e. The van der Waals surface area contributed by atoms with Gasteiger partial charge in [-0.05, 0) is 38.2 Å². The molecule has 0 fully saturated rings. The molecule has 0 unspecified atom stereocenters. The van der Waals surface area contributed by atoms with Crippen LogP contribution in [0, 0.1) is 10.1 Å². The van der Waals surface area contributed by atoms with Crippen molar-refractivity contribution in [3.8, 4) is 0 Å². The number of aldehydes is 1. The Morgan fingerprint density at radius 2 is 1.59 bits per heavy atom. The summed E-state index contributed by atoms with van der Waals surface area (Å²) in [6.07, 6.45) is 20.2. The molecular formula is C18H29NO3. The fourth-order valence-corrected chi connectivity index (χ4v) is 2.08. The summed E-state index contributed by atoms with van der Waals surface area (Å²) in [7, 11) is 0. The standard InChI is InChI=1S/C18H29NO3/c1-2-15-18(19(21)22)16-13-11-9-7-5-3-4-6-8-10-12-14-17-20/h5,7,11,13,15,17H,2-4,6,8-10,12,14,16H2,1H3/b7-5-,13-11-,18-15+. The average molecular weight is 307 g/mol. The van der Waals surface area contributed by atoms with E-state index in [9.17, 15) is 14.9 Å². The van der Waals surface area contributed by atoms with Crippen LogP contribution in [0.3, 0.4) is 0 Å². The van der Waals surface area contributed by atoms with Gasteiger partial charge in [-0.25, -0.2) is 0 Å². The van der Waals surface area contributed by atoms with E-state index in [1.165, 1.54) is 19.3 Å². The molecule has 0 aliphatic rings. The van der Waals surface area contributed by atoms with E-state index in [1.54, 1.807) is 6.08 Å². The first kappa shape index (κ1) is 20.3. The highest BCUT2D eigenvalue weighted by Crippen LogP contribution is 2.08. The molecule has 4 heteroatoms. The van der Waals surface area contributed by atoms with Gasteiger partial charge in [0.25, 0.3) is 0 Å². The molecule has 0 atom stereocenters. The van der Waals surface area contributed by atoms with Crippen molar-refractivity contribution in [2.75, 3.05) is 0 Å². The minimum absolute atomic E-state index is 0.275. The Kier molecular flexibility index (Phi) is 14.5. The number of carbonyl (C=O) groups excluding carboxylic acids is 1. The highest BCUT2D eigenvalue weighted by atomic mass is 16.6. The third-order valence-electron chi connectivity index (χ3n) is 3.30. The van der Waals surface area contributed by atoms with Crippen molar-refractivity contribution < 1.29 is 9.72 Å². The van der Waals surface area contributed by atoms with E-state index in [-0.39, 0.29) is 10.6 Å². The Morgan fingerprint density at radius 3 is 2.23 bits per heavy atom. The van der Waals surface area contributed by atoms with Crippen LogP contribution < -0.4 is 0 Å². The molecule has 0 N–H and O–H groups in total. The molecular weight excluding hydrogens is 278 g/mol. The van der Waals surface area contributed by atoms with Gasteiger partial charge in [0.05, 0.1) is 11.3 Å². The quantitative estimate of drug-likeness (QED) is 0.142. The monoisotopic (exact) mass is 307 g/mol. The van der Waals surface area contributed by atoms with Gasteiger partial charge in [0, 0.05) is 6.42 Å². The lowest BCUT2D eigenvalue weighted by molar-refractivity contribution is -0.427. The average Bonchev–Trinajstić information content (AvgIpc) is 2.50. The lowest BCUT2D eigenvalue weighted by atomic mass is 10.1. The molecule has 0 spiro atoms. The van der Waals surface area contributed by atoms with Gasteiger partial charge in [-0.3, -0.25) is 10.1 Å². The zero-order chi connectivity index (χ0) is 16.5. The molecule has 0 aliphatic heterocycles. The van der Waals surface area contributed by atoms with E-state index in [2.05, 4.69) is 12.2 Å². The minimum atomic E-state index is -0.307. The highest BCUT2D eigenvalue weighted by molar-refractivity contribution is 5.48. The summed E-state index contributed by atoms with van der Waals surface area (Å²) < 4.78 is 0. The Balaban J connectivity index is 3.57. The molecule has 0 aromatic rings. The first-order chi connectivity index (χ1) is 10.7. The molecule has 0 radical (unpaired) electrons. The van der Waals surface area contributed by atoms with E-state index < -0.39 is 0 Å². The first-order valence-electron chi connectivity index (χ1n) is 8.29. The Hall–Kier alpha value is -1.71. The summed E-state index contributed by atoms with van der Waals surface area (Å²) >= 11 is 0. The van der Waals surface area contributed by atoms with Crippen LogP contribution in [0.15, 0.2) is 36.1 Å². The van der Waals surface area contributed by atoms with E-state index in [4.69, 9.17) is 0 Å². The SMILES string of the molecule is CC/C=C(\C/C=C\C/C=C\CCCCCCCC=O)[N+](=O)[O-]. The summed E-state index contributed by atoms with van der Waals surface area (Å²) in [5.74, 6) is 0. The second-order valence-corrected chi connectivity index (χ2v) is 5.26. The maximum Gasteiger partial charge on any atom is 0.246 e. The van der Waals surface area contributed by atoms with Gasteiger partial charge in [-0.1, -0.05) is 50.5 Å². The van der Waals surface area contributed by atoms with Gasteiger partial charge in [0.2, 0.25) is 5.70 Å². The van der Waals surface area contributed by atoms with Crippen molar-refractivity contribution in [1.29, 1.82) is 0 Å². The van der Waals surface area contributed by atoms with Crippen LogP contribution in [0.2, 0.25) is 0 Å². The molecule has 0 rings (SSSR count). The first-order valence-corrected chi connectivity index (χ1v) is 8.29. The lowest BCUT2D eigenvalue weighted by Crippen LogP contribution is -1.96. The summed E-state index contributed by atoms with van der Waals surface area (Å²) in [6.45, 7) is 1.90. The normalized spacial score (nSPS) is 12.3. The molecule has 0 saturated heterocycles. The Bertz CT molecular complexity index is 384. The van der Waals surface area contributed by atoms with Gasteiger partial charge in [0.1, 0.15) is 6.29 Å². The van der Waals surface area contributed by atoms with Crippen molar-refractivity contribution in [3.05, 3.63) is 46.2 Å².